The molecule has 1 rings (SSSR count). The van der Waals surface area contributed by atoms with Crippen LogP contribution in [0, 0.1) is 11.8 Å². The highest BCUT2D eigenvalue weighted by molar-refractivity contribution is 5.76. The Hall–Kier alpha value is -1.26. The van der Waals surface area contributed by atoms with E-state index in [1.54, 1.807) is 18.9 Å². The molecule has 3 unspecified atom stereocenters. The molecule has 0 saturated heterocycles. The van der Waals surface area contributed by atoms with Crippen molar-refractivity contribution in [3.05, 3.63) is 0 Å². The molecule has 5 nitrogen and oxygen atoms in total. The van der Waals surface area contributed by atoms with Gasteiger partial charge in [0.15, 0.2) is 0 Å². The number of carboxylic acids is 1. The molecule has 18 heavy (non-hydrogen) atoms. The summed E-state index contributed by atoms with van der Waals surface area (Å²) in [6.07, 6.45) is 4.48. The van der Waals surface area contributed by atoms with Crippen molar-refractivity contribution in [2.75, 3.05) is 13.6 Å². The normalized spacial score (nSPS) is 25.3. The molecule has 1 aliphatic rings. The molecule has 1 fully saturated rings. The molecule has 0 bridgehead atoms. The van der Waals surface area contributed by atoms with Crippen molar-refractivity contribution in [2.45, 2.75) is 45.6 Å². The molecule has 1 aliphatic carbocycles. The van der Waals surface area contributed by atoms with Crippen molar-refractivity contribution in [1.29, 1.82) is 0 Å². The van der Waals surface area contributed by atoms with Gasteiger partial charge in [0.1, 0.15) is 0 Å². The second-order valence-corrected chi connectivity index (χ2v) is 5.46. The molecule has 3 atom stereocenters. The second kappa shape index (κ2) is 6.61. The summed E-state index contributed by atoms with van der Waals surface area (Å²) in [4.78, 5) is 24.3. The first kappa shape index (κ1) is 14.8. The zero-order valence-electron chi connectivity index (χ0n) is 11.5. The predicted molar refractivity (Wildman–Crippen MR) is 69.4 cm³/mol. The lowest BCUT2D eigenvalue weighted by molar-refractivity contribution is -0.140. The fourth-order valence-electron chi connectivity index (χ4n) is 2.37. The van der Waals surface area contributed by atoms with E-state index >= 15 is 0 Å². The Morgan fingerprint density at radius 3 is 2.67 bits per heavy atom. The quantitative estimate of drug-likeness (QED) is 0.807. The second-order valence-electron chi connectivity index (χ2n) is 5.46. The highest BCUT2D eigenvalue weighted by Gasteiger charge is 2.25. The largest absolute Gasteiger partial charge is 0.481 e. The molecule has 5 heteroatoms. The minimum Gasteiger partial charge on any atom is -0.481 e. The number of carboxylic acid groups (broad SMARTS) is 1. The molecular weight excluding hydrogens is 232 g/mol. The molecule has 1 saturated carbocycles. The Bertz CT molecular complexity index is 307. The lowest BCUT2D eigenvalue weighted by Gasteiger charge is -2.34. The lowest BCUT2D eigenvalue weighted by Crippen LogP contribution is -2.46. The zero-order chi connectivity index (χ0) is 13.7. The van der Waals surface area contributed by atoms with Crippen molar-refractivity contribution < 1.29 is 14.7 Å². The maximum Gasteiger partial charge on any atom is 0.317 e. The summed E-state index contributed by atoms with van der Waals surface area (Å²) >= 11 is 0. The minimum atomic E-state index is -0.885. The van der Waals surface area contributed by atoms with Crippen LogP contribution in [-0.2, 0) is 4.79 Å². The van der Waals surface area contributed by atoms with Gasteiger partial charge < -0.3 is 15.3 Å². The summed E-state index contributed by atoms with van der Waals surface area (Å²) in [5.74, 6) is -0.770. The molecule has 0 radical (unpaired) electrons. The summed E-state index contributed by atoms with van der Waals surface area (Å²) in [6.45, 7) is 3.98. The van der Waals surface area contributed by atoms with Gasteiger partial charge in [0.05, 0.1) is 5.92 Å². The molecule has 104 valence electrons. The van der Waals surface area contributed by atoms with Gasteiger partial charge in [-0.3, -0.25) is 4.79 Å². The molecular formula is C13H24N2O3. The van der Waals surface area contributed by atoms with E-state index < -0.39 is 11.9 Å². The molecule has 0 heterocycles. The SMILES string of the molecule is CC1CCCC(N(C)C(=O)NCC(C)C(=O)O)C1. The molecule has 2 amide bonds. The van der Waals surface area contributed by atoms with Crippen molar-refractivity contribution in [1.82, 2.24) is 10.2 Å². The Balaban J connectivity index is 2.38. The van der Waals surface area contributed by atoms with Crippen LogP contribution in [0.2, 0.25) is 0 Å². The Labute approximate surface area is 109 Å². The average molecular weight is 256 g/mol. The molecule has 0 aliphatic heterocycles. The maximum atomic E-state index is 11.9. The number of nitrogens with one attached hydrogen (secondary N) is 1. The number of hydrogen-bond acceptors (Lipinski definition) is 2. The predicted octanol–water partition coefficient (Wildman–Crippen LogP) is 1.93. The van der Waals surface area contributed by atoms with Gasteiger partial charge in [0.25, 0.3) is 0 Å². The van der Waals surface area contributed by atoms with Crippen LogP contribution in [0.4, 0.5) is 4.79 Å². The maximum absolute atomic E-state index is 11.9. The van der Waals surface area contributed by atoms with Gasteiger partial charge in [-0.05, 0) is 18.8 Å². The number of nitrogens with zero attached hydrogens (tertiary/aromatic N) is 1. The van der Waals surface area contributed by atoms with Crippen molar-refractivity contribution in [2.24, 2.45) is 11.8 Å². The van der Waals surface area contributed by atoms with Gasteiger partial charge in [0, 0.05) is 19.6 Å². The van der Waals surface area contributed by atoms with Crippen LogP contribution in [0.1, 0.15) is 39.5 Å². The first-order valence-electron chi connectivity index (χ1n) is 6.65. The Kier molecular flexibility index (Phi) is 5.44. The van der Waals surface area contributed by atoms with E-state index in [2.05, 4.69) is 12.2 Å². The third-order valence-electron chi connectivity index (χ3n) is 3.76. The zero-order valence-corrected chi connectivity index (χ0v) is 11.5. The average Bonchev–Trinajstić information content (AvgIpc) is 2.34. The van der Waals surface area contributed by atoms with Gasteiger partial charge in [-0.1, -0.05) is 26.7 Å². The number of urea groups is 1. The Morgan fingerprint density at radius 2 is 2.11 bits per heavy atom. The van der Waals surface area contributed by atoms with Gasteiger partial charge in [0.2, 0.25) is 0 Å². The van der Waals surface area contributed by atoms with E-state index in [0.717, 1.165) is 19.3 Å². The molecule has 0 aromatic heterocycles. The first-order valence-corrected chi connectivity index (χ1v) is 6.65. The molecule has 0 spiro atoms. The van der Waals surface area contributed by atoms with Crippen LogP contribution >= 0.6 is 0 Å². The Morgan fingerprint density at radius 1 is 1.44 bits per heavy atom. The van der Waals surface area contributed by atoms with Crippen LogP contribution in [0.5, 0.6) is 0 Å². The fraction of sp³-hybridized carbons (Fsp3) is 0.846. The van der Waals surface area contributed by atoms with E-state index in [9.17, 15) is 9.59 Å². The standard InChI is InChI=1S/C13H24N2O3/c1-9-5-4-6-11(7-9)15(3)13(18)14-8-10(2)12(16)17/h9-11H,4-8H2,1-3H3,(H,14,18)(H,16,17). The van der Waals surface area contributed by atoms with Gasteiger partial charge >= 0.3 is 12.0 Å². The van der Waals surface area contributed by atoms with E-state index in [0.29, 0.717) is 5.92 Å². The summed E-state index contributed by atoms with van der Waals surface area (Å²) in [6, 6.07) is 0.121. The van der Waals surface area contributed by atoms with Gasteiger partial charge in [-0.2, -0.15) is 0 Å². The lowest BCUT2D eigenvalue weighted by atomic mass is 9.86. The van der Waals surface area contributed by atoms with Crippen LogP contribution in [0.15, 0.2) is 0 Å². The number of amides is 2. The number of carbonyl (C=O) groups excluding carboxylic acids is 1. The van der Waals surface area contributed by atoms with Crippen LogP contribution in [-0.4, -0.2) is 41.6 Å². The molecule has 0 aromatic rings. The third-order valence-corrected chi connectivity index (χ3v) is 3.76. The number of carbonyl (C=O) groups is 2. The van der Waals surface area contributed by atoms with Gasteiger partial charge in [-0.15, -0.1) is 0 Å². The highest BCUT2D eigenvalue weighted by atomic mass is 16.4. The highest BCUT2D eigenvalue weighted by Crippen LogP contribution is 2.26. The van der Waals surface area contributed by atoms with Crippen molar-refractivity contribution in [3.63, 3.8) is 0 Å². The monoisotopic (exact) mass is 256 g/mol. The topological polar surface area (TPSA) is 69.6 Å². The molecule has 0 aromatic carbocycles. The summed E-state index contributed by atoms with van der Waals surface area (Å²) in [7, 11) is 1.80. The van der Waals surface area contributed by atoms with Crippen molar-refractivity contribution >= 4 is 12.0 Å². The number of aliphatic carboxylic acids is 1. The van der Waals surface area contributed by atoms with Gasteiger partial charge in [-0.25, -0.2) is 4.79 Å². The fourth-order valence-corrected chi connectivity index (χ4v) is 2.37. The third kappa shape index (κ3) is 4.20. The first-order chi connectivity index (χ1) is 8.41. The smallest absolute Gasteiger partial charge is 0.317 e. The number of rotatable bonds is 4. The minimum absolute atomic E-state index is 0.165. The van der Waals surface area contributed by atoms with Crippen molar-refractivity contribution in [3.8, 4) is 0 Å². The van der Waals surface area contributed by atoms with Crippen LogP contribution in [0.25, 0.3) is 0 Å². The summed E-state index contributed by atoms with van der Waals surface area (Å²) < 4.78 is 0. The summed E-state index contributed by atoms with van der Waals surface area (Å²) in [5, 5.41) is 11.4. The summed E-state index contributed by atoms with van der Waals surface area (Å²) in [5.41, 5.74) is 0. The number of hydrogen-bond donors (Lipinski definition) is 2. The van der Waals surface area contributed by atoms with E-state index in [1.807, 2.05) is 0 Å². The van der Waals surface area contributed by atoms with E-state index in [1.165, 1.54) is 6.42 Å². The van der Waals surface area contributed by atoms with Crippen LogP contribution < -0.4 is 5.32 Å². The van der Waals surface area contributed by atoms with Crippen LogP contribution in [0.3, 0.4) is 0 Å². The van der Waals surface area contributed by atoms with E-state index in [4.69, 9.17) is 5.11 Å². The van der Waals surface area contributed by atoms with E-state index in [-0.39, 0.29) is 18.6 Å². The molecule has 2 N–H and O–H groups in total.